The normalized spacial score (nSPS) is 26.0. The van der Waals surface area contributed by atoms with E-state index in [9.17, 15) is 13.2 Å². The minimum absolute atomic E-state index is 0.0348. The van der Waals surface area contributed by atoms with Crippen LogP contribution >= 0.6 is 15.9 Å². The molecule has 1 atom stereocenters. The van der Waals surface area contributed by atoms with Gasteiger partial charge in [0.2, 0.25) is 0 Å². The Hall–Kier alpha value is -0.550. The number of halogens is 4. The molecule has 0 radical (unpaired) electrons. The van der Waals surface area contributed by atoms with Crippen LogP contribution in [-0.4, -0.2) is 19.3 Å². The zero-order valence-corrected chi connectivity index (χ0v) is 10.0. The van der Waals surface area contributed by atoms with Gasteiger partial charge in [-0.25, -0.2) is 0 Å². The molecule has 16 heavy (non-hydrogen) atoms. The fraction of sp³-hybridized carbons (Fsp3) is 0.455. The number of rotatable bonds is 1. The van der Waals surface area contributed by atoms with Crippen molar-refractivity contribution in [3.8, 4) is 0 Å². The van der Waals surface area contributed by atoms with Crippen molar-refractivity contribution in [2.75, 3.05) is 13.1 Å². The summed E-state index contributed by atoms with van der Waals surface area (Å²) in [4.78, 5) is 0. The first kappa shape index (κ1) is 11.9. The molecular weight excluding hydrogens is 283 g/mol. The largest absolute Gasteiger partial charge is 0.399 e. The van der Waals surface area contributed by atoms with Crippen molar-refractivity contribution in [3.63, 3.8) is 0 Å². The summed E-state index contributed by atoms with van der Waals surface area (Å²) in [6.07, 6.45) is -4.11. The lowest BCUT2D eigenvalue weighted by Crippen LogP contribution is -2.44. The highest BCUT2D eigenvalue weighted by Gasteiger charge is 2.57. The van der Waals surface area contributed by atoms with E-state index in [4.69, 9.17) is 0 Å². The van der Waals surface area contributed by atoms with Gasteiger partial charge in [0.05, 0.1) is 0 Å². The number of hydrogen-bond donors (Lipinski definition) is 1. The molecule has 0 amide bonds. The lowest BCUT2D eigenvalue weighted by Gasteiger charge is -2.31. The van der Waals surface area contributed by atoms with Gasteiger partial charge in [0.25, 0.3) is 0 Å². The SMILES string of the molecule is FC(F)(F)[C@]1(c2cccc(Br)c2)CCNC1. The molecule has 0 spiro atoms. The van der Waals surface area contributed by atoms with E-state index in [1.807, 2.05) is 0 Å². The van der Waals surface area contributed by atoms with Gasteiger partial charge in [-0.15, -0.1) is 0 Å². The van der Waals surface area contributed by atoms with Crippen molar-refractivity contribution in [1.29, 1.82) is 0 Å². The zero-order chi connectivity index (χ0) is 11.8. The fourth-order valence-electron chi connectivity index (χ4n) is 2.13. The van der Waals surface area contributed by atoms with E-state index in [1.54, 1.807) is 24.3 Å². The van der Waals surface area contributed by atoms with Gasteiger partial charge in [-0.2, -0.15) is 13.2 Å². The average molecular weight is 294 g/mol. The lowest BCUT2D eigenvalue weighted by molar-refractivity contribution is -0.185. The van der Waals surface area contributed by atoms with Gasteiger partial charge < -0.3 is 5.32 Å². The molecule has 1 heterocycles. The average Bonchev–Trinajstić information content (AvgIpc) is 2.66. The Balaban J connectivity index is 2.48. The number of benzene rings is 1. The summed E-state index contributed by atoms with van der Waals surface area (Å²) in [5.74, 6) is 0. The van der Waals surface area contributed by atoms with Crippen LogP contribution < -0.4 is 5.32 Å². The van der Waals surface area contributed by atoms with Crippen LogP contribution in [0.2, 0.25) is 0 Å². The van der Waals surface area contributed by atoms with E-state index in [0.717, 1.165) is 0 Å². The van der Waals surface area contributed by atoms with Crippen LogP contribution in [-0.2, 0) is 5.41 Å². The third kappa shape index (κ3) is 1.86. The molecule has 1 saturated heterocycles. The highest BCUT2D eigenvalue weighted by atomic mass is 79.9. The molecule has 1 aromatic rings. The van der Waals surface area contributed by atoms with E-state index < -0.39 is 11.6 Å². The maximum Gasteiger partial charge on any atom is 0.399 e. The van der Waals surface area contributed by atoms with Gasteiger partial charge in [0.1, 0.15) is 5.41 Å². The molecule has 2 rings (SSSR count). The van der Waals surface area contributed by atoms with Gasteiger partial charge in [-0.1, -0.05) is 28.1 Å². The summed E-state index contributed by atoms with van der Waals surface area (Å²) in [5.41, 5.74) is -1.39. The fourth-order valence-corrected chi connectivity index (χ4v) is 2.53. The predicted octanol–water partition coefficient (Wildman–Crippen LogP) is 3.24. The van der Waals surface area contributed by atoms with Gasteiger partial charge in [0, 0.05) is 11.0 Å². The second kappa shape index (κ2) is 4.04. The molecule has 0 bridgehead atoms. The van der Waals surface area contributed by atoms with Crippen LogP contribution in [0.15, 0.2) is 28.7 Å². The van der Waals surface area contributed by atoms with Crippen LogP contribution in [0.1, 0.15) is 12.0 Å². The smallest absolute Gasteiger partial charge is 0.315 e. The molecule has 88 valence electrons. The van der Waals surface area contributed by atoms with Crippen LogP contribution in [0, 0.1) is 0 Å². The quantitative estimate of drug-likeness (QED) is 0.838. The number of hydrogen-bond acceptors (Lipinski definition) is 1. The molecule has 0 aromatic heterocycles. The standard InChI is InChI=1S/C11H11BrF3N/c12-9-3-1-2-8(6-9)10(11(13,14)15)4-5-16-7-10/h1-3,6,16H,4-5,7H2/t10-/m1/s1. The molecular formula is C11H11BrF3N. The first-order valence-corrected chi connectivity index (χ1v) is 5.78. The van der Waals surface area contributed by atoms with Crippen LogP contribution in [0.5, 0.6) is 0 Å². The summed E-state index contributed by atoms with van der Waals surface area (Å²) in [7, 11) is 0. The molecule has 1 fully saturated rings. The van der Waals surface area contributed by atoms with Crippen LogP contribution in [0.25, 0.3) is 0 Å². The highest BCUT2D eigenvalue weighted by Crippen LogP contribution is 2.45. The molecule has 1 aliphatic rings. The second-order valence-electron chi connectivity index (χ2n) is 4.02. The maximum absolute atomic E-state index is 13.2. The first-order chi connectivity index (χ1) is 7.46. The number of nitrogens with one attached hydrogen (secondary N) is 1. The summed E-state index contributed by atoms with van der Waals surface area (Å²) < 4.78 is 40.2. The Morgan fingerprint density at radius 1 is 1.31 bits per heavy atom. The van der Waals surface area contributed by atoms with E-state index >= 15 is 0 Å². The highest BCUT2D eigenvalue weighted by molar-refractivity contribution is 9.10. The molecule has 1 N–H and O–H groups in total. The van der Waals surface area contributed by atoms with Crippen molar-refractivity contribution in [2.24, 2.45) is 0 Å². The van der Waals surface area contributed by atoms with E-state index in [1.165, 1.54) is 0 Å². The zero-order valence-electron chi connectivity index (χ0n) is 8.44. The van der Waals surface area contributed by atoms with Gasteiger partial charge in [-0.3, -0.25) is 0 Å². The molecule has 1 aromatic carbocycles. The van der Waals surface area contributed by atoms with Crippen molar-refractivity contribution in [3.05, 3.63) is 34.3 Å². The maximum atomic E-state index is 13.2. The Bertz CT molecular complexity index is 383. The van der Waals surface area contributed by atoms with E-state index in [2.05, 4.69) is 21.2 Å². The molecule has 0 unspecified atom stereocenters. The minimum atomic E-state index is -4.21. The molecule has 0 aliphatic carbocycles. The van der Waals surface area contributed by atoms with Crippen LogP contribution in [0.4, 0.5) is 13.2 Å². The Labute approximate surface area is 100 Å². The van der Waals surface area contributed by atoms with Crippen molar-refractivity contribution in [2.45, 2.75) is 18.0 Å². The first-order valence-electron chi connectivity index (χ1n) is 4.99. The molecule has 0 saturated carbocycles. The van der Waals surface area contributed by atoms with E-state index in [-0.39, 0.29) is 13.0 Å². The van der Waals surface area contributed by atoms with Crippen LogP contribution in [0.3, 0.4) is 0 Å². The summed E-state index contributed by atoms with van der Waals surface area (Å²) in [6, 6.07) is 6.48. The third-order valence-corrected chi connectivity index (χ3v) is 3.57. The van der Waals surface area contributed by atoms with Gasteiger partial charge in [-0.05, 0) is 30.7 Å². The third-order valence-electron chi connectivity index (χ3n) is 3.08. The minimum Gasteiger partial charge on any atom is -0.315 e. The Morgan fingerprint density at radius 2 is 2.06 bits per heavy atom. The number of alkyl halides is 3. The van der Waals surface area contributed by atoms with Gasteiger partial charge in [0.15, 0.2) is 0 Å². The van der Waals surface area contributed by atoms with Gasteiger partial charge >= 0.3 is 6.18 Å². The van der Waals surface area contributed by atoms with Crippen molar-refractivity contribution in [1.82, 2.24) is 5.32 Å². The predicted molar refractivity (Wildman–Crippen MR) is 59.4 cm³/mol. The topological polar surface area (TPSA) is 12.0 Å². The van der Waals surface area contributed by atoms with Crippen molar-refractivity contribution >= 4 is 15.9 Å². The molecule has 1 nitrogen and oxygen atoms in total. The summed E-state index contributed by atoms with van der Waals surface area (Å²) in [6.45, 7) is 0.374. The summed E-state index contributed by atoms with van der Waals surface area (Å²) in [5, 5.41) is 2.80. The molecule has 1 aliphatic heterocycles. The summed E-state index contributed by atoms with van der Waals surface area (Å²) >= 11 is 3.21. The monoisotopic (exact) mass is 293 g/mol. The van der Waals surface area contributed by atoms with Crippen molar-refractivity contribution < 1.29 is 13.2 Å². The lowest BCUT2D eigenvalue weighted by atomic mass is 9.79. The Kier molecular flexibility index (Phi) is 3.01. The Morgan fingerprint density at radius 3 is 2.56 bits per heavy atom. The second-order valence-corrected chi connectivity index (χ2v) is 4.93. The molecule has 5 heteroatoms. The van der Waals surface area contributed by atoms with E-state index in [0.29, 0.717) is 16.6 Å².